The van der Waals surface area contributed by atoms with E-state index in [-0.39, 0.29) is 0 Å². The smallest absolute Gasteiger partial charge is 0.0311 e. The molecule has 0 nitrogen and oxygen atoms in total. The molecule has 82 valence electrons. The molecule has 14 heavy (non-hydrogen) atoms. The third kappa shape index (κ3) is 8.10. The maximum Gasteiger partial charge on any atom is -0.0311 e. The van der Waals surface area contributed by atoms with Gasteiger partial charge in [0.05, 0.1) is 0 Å². The molecule has 0 aromatic carbocycles. The van der Waals surface area contributed by atoms with Crippen LogP contribution in [-0.2, 0) is 0 Å². The Hall–Kier alpha value is -0.520. The molecular weight excluding hydrogens is 168 g/mol. The maximum atomic E-state index is 2.33. The first kappa shape index (κ1) is 13.5. The van der Waals surface area contributed by atoms with Gasteiger partial charge in [-0.15, -0.1) is 0 Å². The standard InChI is InChI=1S/C14H26/c1-4-7-8-9-10-11-13-14(6-3)12-5-2/h11-13H,4-10H2,1-3H3/b13-11+,14-12?. The summed E-state index contributed by atoms with van der Waals surface area (Å²) in [7, 11) is 0. The zero-order valence-electron chi connectivity index (χ0n) is 10.2. The second kappa shape index (κ2) is 10.6. The van der Waals surface area contributed by atoms with E-state index in [4.69, 9.17) is 0 Å². The number of hydrogen-bond acceptors (Lipinski definition) is 0. The van der Waals surface area contributed by atoms with Gasteiger partial charge in [-0.05, 0) is 25.7 Å². The zero-order valence-corrected chi connectivity index (χ0v) is 10.2. The highest BCUT2D eigenvalue weighted by molar-refractivity contribution is 5.17. The van der Waals surface area contributed by atoms with Crippen LogP contribution in [0.2, 0.25) is 0 Å². The van der Waals surface area contributed by atoms with Crippen molar-refractivity contribution in [3.8, 4) is 0 Å². The van der Waals surface area contributed by atoms with Gasteiger partial charge in [-0.3, -0.25) is 0 Å². The minimum Gasteiger partial charge on any atom is -0.0843 e. The fourth-order valence-corrected chi connectivity index (χ4v) is 1.52. The number of rotatable bonds is 8. The molecule has 0 unspecified atom stereocenters. The SMILES string of the molecule is CCC=C(/C=C/CCCCCC)CC. The lowest BCUT2D eigenvalue weighted by Crippen LogP contribution is -1.76. The van der Waals surface area contributed by atoms with Crippen LogP contribution in [0.3, 0.4) is 0 Å². The summed E-state index contributed by atoms with van der Waals surface area (Å²) >= 11 is 0. The minimum absolute atomic E-state index is 1.16. The molecule has 0 saturated heterocycles. The van der Waals surface area contributed by atoms with E-state index in [0.717, 1.165) is 6.42 Å². The molecule has 0 heterocycles. The molecule has 0 heteroatoms. The van der Waals surface area contributed by atoms with Crippen LogP contribution >= 0.6 is 0 Å². The second-order valence-electron chi connectivity index (χ2n) is 3.79. The Bertz CT molecular complexity index is 163. The molecule has 0 bridgehead atoms. The Morgan fingerprint density at radius 2 is 1.79 bits per heavy atom. The fraction of sp³-hybridized carbons (Fsp3) is 0.714. The summed E-state index contributed by atoms with van der Waals surface area (Å²) in [6.45, 7) is 6.68. The summed E-state index contributed by atoms with van der Waals surface area (Å²) in [4.78, 5) is 0. The van der Waals surface area contributed by atoms with Gasteiger partial charge >= 0.3 is 0 Å². The molecule has 0 atom stereocenters. The highest BCUT2D eigenvalue weighted by Gasteiger charge is 1.87. The van der Waals surface area contributed by atoms with Crippen LogP contribution in [0.1, 0.15) is 65.7 Å². The van der Waals surface area contributed by atoms with Crippen molar-refractivity contribution in [3.63, 3.8) is 0 Å². The molecule has 0 fully saturated rings. The normalized spacial score (nSPS) is 12.6. The van der Waals surface area contributed by atoms with E-state index in [1.807, 2.05) is 0 Å². The summed E-state index contributed by atoms with van der Waals surface area (Å²) in [6.07, 6.45) is 16.0. The van der Waals surface area contributed by atoms with Gasteiger partial charge in [0.1, 0.15) is 0 Å². The summed E-state index contributed by atoms with van der Waals surface area (Å²) in [5.74, 6) is 0. The molecule has 0 amide bonds. The summed E-state index contributed by atoms with van der Waals surface area (Å²) < 4.78 is 0. The molecule has 0 spiro atoms. The summed E-state index contributed by atoms with van der Waals surface area (Å²) in [6, 6.07) is 0. The molecule has 0 aromatic heterocycles. The maximum absolute atomic E-state index is 2.33. The number of allylic oxidation sites excluding steroid dienone is 4. The zero-order chi connectivity index (χ0) is 10.6. The summed E-state index contributed by atoms with van der Waals surface area (Å²) in [5, 5.41) is 0. The Kier molecular flexibility index (Phi) is 10.2. The van der Waals surface area contributed by atoms with E-state index in [1.54, 1.807) is 0 Å². The van der Waals surface area contributed by atoms with Gasteiger partial charge in [-0.2, -0.15) is 0 Å². The van der Waals surface area contributed by atoms with Crippen molar-refractivity contribution in [3.05, 3.63) is 23.8 Å². The van der Waals surface area contributed by atoms with Crippen molar-refractivity contribution in [2.24, 2.45) is 0 Å². The molecular formula is C14H26. The highest BCUT2D eigenvalue weighted by atomic mass is 13.9. The van der Waals surface area contributed by atoms with Crippen molar-refractivity contribution >= 4 is 0 Å². The van der Waals surface area contributed by atoms with Gasteiger partial charge in [0, 0.05) is 0 Å². The molecule has 0 aliphatic rings. The topological polar surface area (TPSA) is 0 Å². The molecule has 0 N–H and O–H groups in total. The van der Waals surface area contributed by atoms with E-state index < -0.39 is 0 Å². The lowest BCUT2D eigenvalue weighted by molar-refractivity contribution is 0.674. The largest absolute Gasteiger partial charge is 0.0843 e. The van der Waals surface area contributed by atoms with Gasteiger partial charge in [-0.25, -0.2) is 0 Å². The molecule has 0 rings (SSSR count). The molecule has 0 aromatic rings. The Balaban J connectivity index is 3.54. The molecule has 0 saturated carbocycles. The van der Waals surface area contributed by atoms with Crippen molar-refractivity contribution in [2.75, 3.05) is 0 Å². The molecule has 0 aliphatic heterocycles. The Labute approximate surface area is 90.1 Å². The predicted octanol–water partition coefficient (Wildman–Crippen LogP) is 5.26. The van der Waals surface area contributed by atoms with E-state index in [2.05, 4.69) is 39.0 Å². The van der Waals surface area contributed by atoms with Crippen molar-refractivity contribution in [1.82, 2.24) is 0 Å². The Morgan fingerprint density at radius 1 is 1.00 bits per heavy atom. The van der Waals surface area contributed by atoms with E-state index in [9.17, 15) is 0 Å². The third-order valence-corrected chi connectivity index (χ3v) is 2.43. The third-order valence-electron chi connectivity index (χ3n) is 2.43. The Morgan fingerprint density at radius 3 is 2.36 bits per heavy atom. The van der Waals surface area contributed by atoms with Crippen LogP contribution in [-0.4, -0.2) is 0 Å². The van der Waals surface area contributed by atoms with Gasteiger partial charge < -0.3 is 0 Å². The number of hydrogen-bond donors (Lipinski definition) is 0. The van der Waals surface area contributed by atoms with Crippen LogP contribution in [0.4, 0.5) is 0 Å². The van der Waals surface area contributed by atoms with Crippen LogP contribution in [0.25, 0.3) is 0 Å². The van der Waals surface area contributed by atoms with Gasteiger partial charge in [0.25, 0.3) is 0 Å². The average molecular weight is 194 g/mol. The van der Waals surface area contributed by atoms with Crippen LogP contribution in [0.5, 0.6) is 0 Å². The van der Waals surface area contributed by atoms with Crippen molar-refractivity contribution in [1.29, 1.82) is 0 Å². The van der Waals surface area contributed by atoms with E-state index >= 15 is 0 Å². The van der Waals surface area contributed by atoms with Gasteiger partial charge in [0.15, 0.2) is 0 Å². The van der Waals surface area contributed by atoms with Gasteiger partial charge in [0.2, 0.25) is 0 Å². The van der Waals surface area contributed by atoms with E-state index in [1.165, 1.54) is 44.1 Å². The highest BCUT2D eigenvalue weighted by Crippen LogP contribution is 2.07. The molecule has 0 aliphatic carbocycles. The first-order chi connectivity index (χ1) is 6.85. The lowest BCUT2D eigenvalue weighted by atomic mass is 10.1. The average Bonchev–Trinajstić information content (AvgIpc) is 2.21. The summed E-state index contributed by atoms with van der Waals surface area (Å²) in [5.41, 5.74) is 1.49. The first-order valence-electron chi connectivity index (χ1n) is 6.20. The molecule has 0 radical (unpaired) electrons. The predicted molar refractivity (Wildman–Crippen MR) is 66.6 cm³/mol. The van der Waals surface area contributed by atoms with Crippen LogP contribution < -0.4 is 0 Å². The van der Waals surface area contributed by atoms with E-state index in [0.29, 0.717) is 0 Å². The fourth-order valence-electron chi connectivity index (χ4n) is 1.52. The van der Waals surface area contributed by atoms with Crippen LogP contribution in [0, 0.1) is 0 Å². The lowest BCUT2D eigenvalue weighted by Gasteiger charge is -1.97. The van der Waals surface area contributed by atoms with Gasteiger partial charge in [-0.1, -0.05) is 63.8 Å². The minimum atomic E-state index is 1.16. The monoisotopic (exact) mass is 194 g/mol. The quantitative estimate of drug-likeness (QED) is 0.365. The first-order valence-corrected chi connectivity index (χ1v) is 6.20. The van der Waals surface area contributed by atoms with Crippen molar-refractivity contribution in [2.45, 2.75) is 65.7 Å². The van der Waals surface area contributed by atoms with Crippen LogP contribution in [0.15, 0.2) is 23.8 Å². The number of unbranched alkanes of at least 4 members (excludes halogenated alkanes) is 4. The second-order valence-corrected chi connectivity index (χ2v) is 3.79. The van der Waals surface area contributed by atoms with Crippen molar-refractivity contribution < 1.29 is 0 Å².